The van der Waals surface area contributed by atoms with Crippen molar-refractivity contribution in [1.29, 1.82) is 0 Å². The molecule has 2 heterocycles. The third-order valence-electron chi connectivity index (χ3n) is 4.28. The molecule has 2 aromatic heterocycles. The van der Waals surface area contributed by atoms with Crippen LogP contribution in [0, 0.1) is 20.8 Å². The normalized spacial score (nSPS) is 11.2. The lowest BCUT2D eigenvalue weighted by atomic mass is 10.1. The van der Waals surface area contributed by atoms with Crippen LogP contribution in [0.1, 0.15) is 16.7 Å². The summed E-state index contributed by atoms with van der Waals surface area (Å²) in [5.41, 5.74) is 6.68. The maximum absolute atomic E-state index is 12.2. The number of nitrogens with one attached hydrogen (secondary N) is 2. The molecule has 0 fully saturated rings. The minimum atomic E-state index is -0.0996. The van der Waals surface area contributed by atoms with E-state index in [1.807, 2.05) is 31.2 Å². The molecule has 0 atom stereocenters. The van der Waals surface area contributed by atoms with Crippen molar-refractivity contribution in [3.63, 3.8) is 0 Å². The highest BCUT2D eigenvalue weighted by Gasteiger charge is 2.12. The van der Waals surface area contributed by atoms with Gasteiger partial charge in [-0.3, -0.25) is 4.79 Å². The summed E-state index contributed by atoms with van der Waals surface area (Å²) in [6.07, 6.45) is 0. The van der Waals surface area contributed by atoms with E-state index >= 15 is 0 Å². The number of thioether (sulfide) groups is 1. The number of aryl methyl sites for hydroxylation is 3. The largest absolute Gasteiger partial charge is 0.337 e. The van der Waals surface area contributed by atoms with E-state index in [1.165, 1.54) is 17.3 Å². The monoisotopic (exact) mass is 377 g/mol. The Morgan fingerprint density at radius 2 is 1.96 bits per heavy atom. The highest BCUT2D eigenvalue weighted by molar-refractivity contribution is 7.99. The molecule has 0 aliphatic carbocycles. The van der Waals surface area contributed by atoms with Gasteiger partial charge >= 0.3 is 0 Å². The summed E-state index contributed by atoms with van der Waals surface area (Å²) in [6.45, 7) is 6.11. The quantitative estimate of drug-likeness (QED) is 0.522. The zero-order valence-electron chi connectivity index (χ0n) is 15.3. The molecule has 0 radical (unpaired) electrons. The van der Waals surface area contributed by atoms with Gasteiger partial charge in [-0.05, 0) is 50.1 Å². The molecule has 1 amide bonds. The van der Waals surface area contributed by atoms with E-state index < -0.39 is 0 Å². The summed E-state index contributed by atoms with van der Waals surface area (Å²) < 4.78 is 0. The summed E-state index contributed by atoms with van der Waals surface area (Å²) in [5, 5.41) is 12.9. The minimum Gasteiger partial charge on any atom is -0.337 e. The first-order valence-corrected chi connectivity index (χ1v) is 9.61. The zero-order chi connectivity index (χ0) is 19.0. The van der Waals surface area contributed by atoms with Crippen LogP contribution in [0.15, 0.2) is 41.6 Å². The van der Waals surface area contributed by atoms with Gasteiger partial charge in [0.05, 0.1) is 11.3 Å². The van der Waals surface area contributed by atoms with Crippen LogP contribution in [0.4, 0.5) is 5.69 Å². The Bertz CT molecular complexity index is 1170. The van der Waals surface area contributed by atoms with Crippen molar-refractivity contribution in [2.24, 2.45) is 0 Å². The zero-order valence-corrected chi connectivity index (χ0v) is 16.1. The van der Waals surface area contributed by atoms with Crippen molar-refractivity contribution < 1.29 is 4.79 Å². The van der Waals surface area contributed by atoms with Crippen LogP contribution in [0.2, 0.25) is 0 Å². The average molecular weight is 377 g/mol. The van der Waals surface area contributed by atoms with Crippen LogP contribution in [0.3, 0.4) is 0 Å². The number of fused-ring (bicyclic) bond motifs is 3. The topological polar surface area (TPSA) is 83.6 Å². The van der Waals surface area contributed by atoms with Crippen molar-refractivity contribution >= 4 is 45.4 Å². The Labute approximate surface area is 160 Å². The molecule has 0 saturated carbocycles. The van der Waals surface area contributed by atoms with E-state index in [0.29, 0.717) is 10.8 Å². The fraction of sp³-hybridized carbons (Fsp3) is 0.200. The Morgan fingerprint density at radius 3 is 2.78 bits per heavy atom. The van der Waals surface area contributed by atoms with Gasteiger partial charge in [0, 0.05) is 11.1 Å². The van der Waals surface area contributed by atoms with Crippen LogP contribution in [-0.4, -0.2) is 31.8 Å². The van der Waals surface area contributed by atoms with Crippen molar-refractivity contribution in [1.82, 2.24) is 20.2 Å². The molecule has 0 aliphatic rings. The Hall–Kier alpha value is -2.93. The number of hydrogen-bond donors (Lipinski definition) is 2. The smallest absolute Gasteiger partial charge is 0.234 e. The summed E-state index contributed by atoms with van der Waals surface area (Å²) >= 11 is 1.27. The van der Waals surface area contributed by atoms with E-state index in [4.69, 9.17) is 0 Å². The first-order valence-electron chi connectivity index (χ1n) is 8.62. The van der Waals surface area contributed by atoms with E-state index in [-0.39, 0.29) is 11.7 Å². The second-order valence-corrected chi connectivity index (χ2v) is 7.57. The molecule has 4 aromatic rings. The number of H-pyrrole nitrogens is 1. The van der Waals surface area contributed by atoms with E-state index in [2.05, 4.69) is 51.5 Å². The minimum absolute atomic E-state index is 0.0996. The first-order chi connectivity index (χ1) is 13.0. The highest BCUT2D eigenvalue weighted by atomic mass is 32.2. The van der Waals surface area contributed by atoms with E-state index in [9.17, 15) is 4.79 Å². The molecule has 0 spiro atoms. The lowest BCUT2D eigenvalue weighted by Crippen LogP contribution is -2.14. The summed E-state index contributed by atoms with van der Waals surface area (Å²) in [6, 6.07) is 11.9. The summed E-state index contributed by atoms with van der Waals surface area (Å²) in [4.78, 5) is 20.0. The highest BCUT2D eigenvalue weighted by Crippen LogP contribution is 2.27. The Morgan fingerprint density at radius 1 is 1.11 bits per heavy atom. The molecule has 0 aliphatic heterocycles. The number of carbonyl (C=O) groups is 1. The molecular formula is C20H19N5OS. The van der Waals surface area contributed by atoms with Crippen molar-refractivity contribution in [3.05, 3.63) is 53.1 Å². The number of rotatable bonds is 4. The molecule has 136 valence electrons. The molecule has 0 saturated heterocycles. The van der Waals surface area contributed by atoms with Gasteiger partial charge in [-0.2, -0.15) is 0 Å². The van der Waals surface area contributed by atoms with Gasteiger partial charge in [-0.1, -0.05) is 35.5 Å². The van der Waals surface area contributed by atoms with Crippen LogP contribution in [-0.2, 0) is 4.79 Å². The number of aromatic nitrogens is 4. The van der Waals surface area contributed by atoms with Crippen LogP contribution >= 0.6 is 11.8 Å². The lowest BCUT2D eigenvalue weighted by molar-refractivity contribution is -0.113. The molecule has 2 aromatic carbocycles. The predicted molar refractivity (Wildman–Crippen MR) is 109 cm³/mol. The van der Waals surface area contributed by atoms with Crippen molar-refractivity contribution in [3.8, 4) is 0 Å². The lowest BCUT2D eigenvalue weighted by Gasteiger charge is -2.05. The maximum atomic E-state index is 12.2. The Kier molecular flexibility index (Phi) is 4.53. The van der Waals surface area contributed by atoms with Crippen molar-refractivity contribution in [2.45, 2.75) is 25.9 Å². The third-order valence-corrected chi connectivity index (χ3v) is 5.12. The van der Waals surface area contributed by atoms with Gasteiger partial charge < -0.3 is 10.3 Å². The number of carbonyl (C=O) groups excluding carboxylic acids is 1. The standard InChI is InChI=1S/C20H19N5OS/c1-11-5-4-6-14(8-11)21-16(26)10-27-20-23-19-18(24-25-20)15-9-12(2)7-13(3)17(15)22-19/h4-9H,10H2,1-3H3,(H,21,26)(H,22,23,25). The van der Waals surface area contributed by atoms with Crippen molar-refractivity contribution in [2.75, 3.05) is 11.1 Å². The van der Waals surface area contributed by atoms with Gasteiger partial charge in [0.2, 0.25) is 11.1 Å². The molecule has 7 heteroatoms. The molecule has 6 nitrogen and oxygen atoms in total. The van der Waals surface area contributed by atoms with Gasteiger partial charge in [-0.15, -0.1) is 10.2 Å². The second kappa shape index (κ2) is 7.00. The number of amides is 1. The molecule has 2 N–H and O–H groups in total. The van der Waals surface area contributed by atoms with Crippen LogP contribution in [0.25, 0.3) is 22.1 Å². The van der Waals surface area contributed by atoms with Gasteiger partial charge in [0.25, 0.3) is 0 Å². The SMILES string of the molecule is Cc1cccc(NC(=O)CSc2nnc3c(n2)[nH]c2c(C)cc(C)cc23)c1. The molecular weight excluding hydrogens is 358 g/mol. The van der Waals surface area contributed by atoms with Gasteiger partial charge in [0.1, 0.15) is 5.52 Å². The number of hydrogen-bond acceptors (Lipinski definition) is 5. The number of aromatic amines is 1. The second-order valence-electron chi connectivity index (χ2n) is 6.63. The molecule has 4 rings (SSSR count). The van der Waals surface area contributed by atoms with Gasteiger partial charge in [0.15, 0.2) is 5.65 Å². The van der Waals surface area contributed by atoms with E-state index in [1.54, 1.807) is 0 Å². The maximum Gasteiger partial charge on any atom is 0.234 e. The first kappa shape index (κ1) is 17.5. The number of benzene rings is 2. The van der Waals surface area contributed by atoms with Crippen LogP contribution in [0.5, 0.6) is 0 Å². The molecule has 27 heavy (non-hydrogen) atoms. The fourth-order valence-electron chi connectivity index (χ4n) is 3.13. The fourth-order valence-corrected chi connectivity index (χ4v) is 3.72. The van der Waals surface area contributed by atoms with E-state index in [0.717, 1.165) is 33.2 Å². The number of nitrogens with zero attached hydrogens (tertiary/aromatic N) is 3. The molecule has 0 bridgehead atoms. The van der Waals surface area contributed by atoms with Crippen LogP contribution < -0.4 is 5.32 Å². The average Bonchev–Trinajstić information content (AvgIpc) is 2.98. The summed E-state index contributed by atoms with van der Waals surface area (Å²) in [7, 11) is 0. The predicted octanol–water partition coefficient (Wildman–Crippen LogP) is 4.16. The van der Waals surface area contributed by atoms with Gasteiger partial charge in [-0.25, -0.2) is 4.98 Å². The Balaban J connectivity index is 1.51. The number of anilines is 1. The molecule has 0 unspecified atom stereocenters. The third kappa shape index (κ3) is 3.64. The summed E-state index contributed by atoms with van der Waals surface area (Å²) in [5.74, 6) is 0.122.